The lowest BCUT2D eigenvalue weighted by Crippen LogP contribution is -2.33. The quantitative estimate of drug-likeness (QED) is 0.776. The second-order valence-electron chi connectivity index (χ2n) is 7.56. The summed E-state index contributed by atoms with van der Waals surface area (Å²) in [7, 11) is 0. The Morgan fingerprint density at radius 2 is 2.11 bits per heavy atom. The standard InChI is InChI=1S/C23H24O4/c1-4-11-25-17-6-7-18(20(24)13-17)16-12-15-5-8-21-19(22(15)26-14-16)9-10-23(2,3)27-21/h4-8,12-13,24H,1,9-11,14H2,2-3H3. The number of rotatable bonds is 4. The van der Waals surface area contributed by atoms with E-state index in [1.165, 1.54) is 0 Å². The highest BCUT2D eigenvalue weighted by Gasteiger charge is 2.30. The molecule has 2 aromatic carbocycles. The van der Waals surface area contributed by atoms with Crippen LogP contribution in [0, 0.1) is 0 Å². The molecule has 0 bridgehead atoms. The largest absolute Gasteiger partial charge is 0.507 e. The second kappa shape index (κ2) is 6.69. The molecular weight excluding hydrogens is 340 g/mol. The summed E-state index contributed by atoms with van der Waals surface area (Å²) in [6, 6.07) is 9.37. The average molecular weight is 364 g/mol. The van der Waals surface area contributed by atoms with Gasteiger partial charge < -0.3 is 19.3 Å². The second-order valence-corrected chi connectivity index (χ2v) is 7.56. The van der Waals surface area contributed by atoms with Gasteiger partial charge in [-0.15, -0.1) is 0 Å². The Bertz CT molecular complexity index is 924. The van der Waals surface area contributed by atoms with Crippen molar-refractivity contribution >= 4 is 11.6 Å². The molecule has 0 saturated carbocycles. The molecule has 4 rings (SSSR count). The first-order chi connectivity index (χ1) is 13.0. The highest BCUT2D eigenvalue weighted by Crippen LogP contribution is 2.44. The molecule has 0 unspecified atom stereocenters. The lowest BCUT2D eigenvalue weighted by molar-refractivity contribution is 0.0834. The molecule has 4 heteroatoms. The van der Waals surface area contributed by atoms with Gasteiger partial charge in [-0.3, -0.25) is 0 Å². The van der Waals surface area contributed by atoms with E-state index in [-0.39, 0.29) is 11.4 Å². The summed E-state index contributed by atoms with van der Waals surface area (Å²) in [6.07, 6.45) is 5.65. The van der Waals surface area contributed by atoms with Gasteiger partial charge in [0.2, 0.25) is 0 Å². The van der Waals surface area contributed by atoms with Crippen LogP contribution in [0.25, 0.3) is 11.6 Å². The van der Waals surface area contributed by atoms with Crippen LogP contribution >= 0.6 is 0 Å². The normalized spacial score (nSPS) is 16.9. The van der Waals surface area contributed by atoms with E-state index in [4.69, 9.17) is 14.2 Å². The van der Waals surface area contributed by atoms with Crippen molar-refractivity contribution < 1.29 is 19.3 Å². The van der Waals surface area contributed by atoms with Gasteiger partial charge >= 0.3 is 0 Å². The molecule has 0 radical (unpaired) electrons. The maximum Gasteiger partial charge on any atom is 0.133 e. The van der Waals surface area contributed by atoms with E-state index < -0.39 is 0 Å². The Balaban J connectivity index is 1.65. The number of benzene rings is 2. The molecule has 140 valence electrons. The van der Waals surface area contributed by atoms with Gasteiger partial charge in [-0.1, -0.05) is 12.7 Å². The van der Waals surface area contributed by atoms with Crippen LogP contribution in [-0.2, 0) is 6.42 Å². The van der Waals surface area contributed by atoms with Crippen molar-refractivity contribution in [1.29, 1.82) is 0 Å². The van der Waals surface area contributed by atoms with E-state index in [1.54, 1.807) is 12.1 Å². The molecule has 0 aromatic heterocycles. The van der Waals surface area contributed by atoms with Gasteiger partial charge in [0.25, 0.3) is 0 Å². The number of ether oxygens (including phenoxy) is 3. The zero-order valence-electron chi connectivity index (χ0n) is 15.7. The van der Waals surface area contributed by atoms with Crippen molar-refractivity contribution in [3.63, 3.8) is 0 Å². The molecule has 0 aliphatic carbocycles. The van der Waals surface area contributed by atoms with Gasteiger partial charge in [-0.05, 0) is 57.0 Å². The zero-order chi connectivity index (χ0) is 19.0. The van der Waals surface area contributed by atoms with Crippen molar-refractivity contribution in [2.24, 2.45) is 0 Å². The van der Waals surface area contributed by atoms with Crippen molar-refractivity contribution in [2.75, 3.05) is 13.2 Å². The number of fused-ring (bicyclic) bond motifs is 3. The van der Waals surface area contributed by atoms with Crippen LogP contribution in [0.15, 0.2) is 43.0 Å². The van der Waals surface area contributed by atoms with Crippen LogP contribution in [0.2, 0.25) is 0 Å². The first-order valence-electron chi connectivity index (χ1n) is 9.22. The molecule has 2 aliphatic heterocycles. The molecule has 0 atom stereocenters. The average Bonchev–Trinajstić information content (AvgIpc) is 2.65. The smallest absolute Gasteiger partial charge is 0.133 e. The zero-order valence-corrected chi connectivity index (χ0v) is 15.7. The van der Waals surface area contributed by atoms with Gasteiger partial charge in [0.15, 0.2) is 0 Å². The minimum absolute atomic E-state index is 0.141. The highest BCUT2D eigenvalue weighted by atomic mass is 16.5. The molecule has 0 fully saturated rings. The van der Waals surface area contributed by atoms with Gasteiger partial charge in [0.05, 0.1) is 0 Å². The van der Waals surface area contributed by atoms with Crippen molar-refractivity contribution in [3.05, 3.63) is 59.7 Å². The first kappa shape index (κ1) is 17.5. The molecule has 4 nitrogen and oxygen atoms in total. The van der Waals surface area contributed by atoms with Gasteiger partial charge in [0, 0.05) is 28.3 Å². The SMILES string of the molecule is C=CCOc1ccc(C2=Cc3ccc4c(c3OC2)CCC(C)(C)O4)c(O)c1. The topological polar surface area (TPSA) is 47.9 Å². The van der Waals surface area contributed by atoms with E-state index in [9.17, 15) is 5.11 Å². The van der Waals surface area contributed by atoms with Crippen LogP contribution in [0.5, 0.6) is 23.0 Å². The third-order valence-electron chi connectivity index (χ3n) is 5.00. The number of phenolic OH excluding ortho intramolecular Hbond substituents is 1. The predicted octanol–water partition coefficient (Wildman–Crippen LogP) is 4.99. The van der Waals surface area contributed by atoms with Crippen molar-refractivity contribution in [1.82, 2.24) is 0 Å². The highest BCUT2D eigenvalue weighted by molar-refractivity contribution is 5.88. The summed E-state index contributed by atoms with van der Waals surface area (Å²) in [6.45, 7) is 8.66. The molecule has 2 aromatic rings. The summed E-state index contributed by atoms with van der Waals surface area (Å²) < 4.78 is 17.7. The molecule has 1 N–H and O–H groups in total. The van der Waals surface area contributed by atoms with E-state index >= 15 is 0 Å². The number of aromatic hydroxyl groups is 1. The number of hydrogen-bond acceptors (Lipinski definition) is 4. The van der Waals surface area contributed by atoms with E-state index in [1.807, 2.05) is 24.3 Å². The van der Waals surface area contributed by atoms with Crippen LogP contribution < -0.4 is 14.2 Å². The molecule has 0 saturated heterocycles. The monoisotopic (exact) mass is 364 g/mol. The Labute approximate surface area is 159 Å². The summed E-state index contributed by atoms with van der Waals surface area (Å²) in [5, 5.41) is 10.4. The minimum atomic E-state index is -0.141. The van der Waals surface area contributed by atoms with Crippen molar-refractivity contribution in [3.8, 4) is 23.0 Å². The summed E-state index contributed by atoms with van der Waals surface area (Å²) >= 11 is 0. The van der Waals surface area contributed by atoms with E-state index in [0.29, 0.717) is 19.0 Å². The lowest BCUT2D eigenvalue weighted by atomic mass is 9.91. The molecule has 27 heavy (non-hydrogen) atoms. The van der Waals surface area contributed by atoms with Crippen LogP contribution in [0.1, 0.15) is 37.0 Å². The fourth-order valence-electron chi connectivity index (χ4n) is 3.58. The summed E-state index contributed by atoms with van der Waals surface area (Å²) in [4.78, 5) is 0. The van der Waals surface area contributed by atoms with Gasteiger partial charge in [0.1, 0.15) is 41.8 Å². The molecule has 0 amide bonds. The minimum Gasteiger partial charge on any atom is -0.507 e. The van der Waals surface area contributed by atoms with Crippen molar-refractivity contribution in [2.45, 2.75) is 32.3 Å². The van der Waals surface area contributed by atoms with Crippen LogP contribution in [0.4, 0.5) is 0 Å². The van der Waals surface area contributed by atoms with Crippen LogP contribution in [0.3, 0.4) is 0 Å². The molecule has 2 aliphatic rings. The fourth-order valence-corrected chi connectivity index (χ4v) is 3.58. The fraction of sp³-hybridized carbons (Fsp3) is 0.304. The Hall–Kier alpha value is -2.88. The summed E-state index contributed by atoms with van der Waals surface area (Å²) in [5.74, 6) is 2.60. The van der Waals surface area contributed by atoms with E-state index in [0.717, 1.165) is 46.6 Å². The Morgan fingerprint density at radius 1 is 1.26 bits per heavy atom. The predicted molar refractivity (Wildman–Crippen MR) is 107 cm³/mol. The summed E-state index contributed by atoms with van der Waals surface area (Å²) in [5.41, 5.74) is 3.70. The van der Waals surface area contributed by atoms with E-state index in [2.05, 4.69) is 26.5 Å². The maximum absolute atomic E-state index is 10.4. The van der Waals surface area contributed by atoms with Crippen LogP contribution in [-0.4, -0.2) is 23.9 Å². The maximum atomic E-state index is 10.4. The third-order valence-corrected chi connectivity index (χ3v) is 5.00. The van der Waals surface area contributed by atoms with Gasteiger partial charge in [-0.25, -0.2) is 0 Å². The molecule has 2 heterocycles. The van der Waals surface area contributed by atoms with Gasteiger partial charge in [-0.2, -0.15) is 0 Å². The molecule has 0 spiro atoms. The number of hydrogen-bond donors (Lipinski definition) is 1. The lowest BCUT2D eigenvalue weighted by Gasteiger charge is -2.34. The Kier molecular flexibility index (Phi) is 4.34. The first-order valence-corrected chi connectivity index (χ1v) is 9.22. The Morgan fingerprint density at radius 3 is 2.89 bits per heavy atom. The third kappa shape index (κ3) is 3.39. The molecular formula is C23H24O4. The number of phenols is 1.